The average Bonchev–Trinajstić information content (AvgIpc) is 2.82. The summed E-state index contributed by atoms with van der Waals surface area (Å²) < 4.78 is 0. The van der Waals surface area contributed by atoms with Gasteiger partial charge in [-0.1, -0.05) is 60.8 Å². The van der Waals surface area contributed by atoms with Gasteiger partial charge in [0.2, 0.25) is 0 Å². The third kappa shape index (κ3) is 3.02. The molecular weight excluding hydrogens is 276 g/mol. The van der Waals surface area contributed by atoms with Gasteiger partial charge in [-0.2, -0.15) is 0 Å². The minimum Gasteiger partial charge on any atom is -0.0651 e. The summed E-state index contributed by atoms with van der Waals surface area (Å²) in [4.78, 5) is 0. The molecular formula is C23H42. The highest BCUT2D eigenvalue weighted by molar-refractivity contribution is 5.05. The Morgan fingerprint density at radius 3 is 2.30 bits per heavy atom. The zero-order valence-electron chi connectivity index (χ0n) is 16.8. The lowest BCUT2D eigenvalue weighted by Crippen LogP contribution is -2.48. The molecule has 0 aliphatic heterocycles. The van der Waals surface area contributed by atoms with Gasteiger partial charge >= 0.3 is 0 Å². The first-order chi connectivity index (χ1) is 10.8. The largest absolute Gasteiger partial charge is 0.0651 e. The fourth-order valence-corrected chi connectivity index (χ4v) is 7.68. The van der Waals surface area contributed by atoms with E-state index in [9.17, 15) is 0 Å². The Balaban J connectivity index is 1.94. The molecule has 3 rings (SSSR count). The van der Waals surface area contributed by atoms with Crippen LogP contribution in [0.15, 0.2) is 0 Å². The normalized spacial score (nSPS) is 50.3. The molecule has 0 aromatic rings. The average molecular weight is 319 g/mol. The van der Waals surface area contributed by atoms with Gasteiger partial charge in [0.25, 0.3) is 0 Å². The lowest BCUT2D eigenvalue weighted by atomic mass is 9.50. The van der Waals surface area contributed by atoms with Crippen molar-refractivity contribution in [1.29, 1.82) is 0 Å². The lowest BCUT2D eigenvalue weighted by molar-refractivity contribution is -0.0601. The summed E-state index contributed by atoms with van der Waals surface area (Å²) in [5.41, 5.74) is 1.23. The van der Waals surface area contributed by atoms with E-state index in [1.165, 1.54) is 57.8 Å². The Hall–Kier alpha value is 0. The standard InChI is InChI=1S/C23H42/c1-7-18-10-11-20-21-17(3)15-16(2)9-8-13-22(4,5)19(21)12-14-23(18,20)6/h16-21H,7-15H2,1-6H3. The Morgan fingerprint density at radius 2 is 1.61 bits per heavy atom. The summed E-state index contributed by atoms with van der Waals surface area (Å²) in [6, 6.07) is 0. The van der Waals surface area contributed by atoms with E-state index in [0.717, 1.165) is 35.5 Å². The first kappa shape index (κ1) is 17.8. The second-order valence-electron chi connectivity index (χ2n) is 10.7. The number of hydrogen-bond acceptors (Lipinski definition) is 0. The maximum atomic E-state index is 2.69. The van der Waals surface area contributed by atoms with Crippen LogP contribution in [-0.4, -0.2) is 0 Å². The number of fused-ring (bicyclic) bond motifs is 3. The van der Waals surface area contributed by atoms with E-state index < -0.39 is 0 Å². The molecule has 0 N–H and O–H groups in total. The van der Waals surface area contributed by atoms with Gasteiger partial charge in [-0.3, -0.25) is 0 Å². The second-order valence-corrected chi connectivity index (χ2v) is 10.7. The summed E-state index contributed by atoms with van der Waals surface area (Å²) in [5.74, 6) is 5.89. The van der Waals surface area contributed by atoms with Gasteiger partial charge in [0.05, 0.1) is 0 Å². The van der Waals surface area contributed by atoms with Crippen molar-refractivity contribution in [3.63, 3.8) is 0 Å². The van der Waals surface area contributed by atoms with E-state index >= 15 is 0 Å². The lowest BCUT2D eigenvalue weighted by Gasteiger charge is -2.55. The highest BCUT2D eigenvalue weighted by Crippen LogP contribution is 2.64. The first-order valence-electron chi connectivity index (χ1n) is 10.8. The number of hydrogen-bond donors (Lipinski definition) is 0. The van der Waals surface area contributed by atoms with Crippen molar-refractivity contribution in [2.45, 2.75) is 99.3 Å². The molecule has 3 aliphatic carbocycles. The molecule has 3 aliphatic rings. The van der Waals surface area contributed by atoms with E-state index in [0.29, 0.717) is 10.8 Å². The van der Waals surface area contributed by atoms with Crippen LogP contribution in [0, 0.1) is 46.3 Å². The predicted octanol–water partition coefficient (Wildman–Crippen LogP) is 7.33. The van der Waals surface area contributed by atoms with E-state index in [2.05, 4.69) is 41.5 Å². The Labute approximate surface area is 146 Å². The van der Waals surface area contributed by atoms with Gasteiger partial charge in [0, 0.05) is 0 Å². The van der Waals surface area contributed by atoms with E-state index in [4.69, 9.17) is 0 Å². The zero-order valence-corrected chi connectivity index (χ0v) is 16.8. The molecule has 0 nitrogen and oxygen atoms in total. The zero-order chi connectivity index (χ0) is 16.8. The second kappa shape index (κ2) is 6.38. The maximum absolute atomic E-state index is 2.69. The Morgan fingerprint density at radius 1 is 0.870 bits per heavy atom. The molecule has 0 radical (unpaired) electrons. The summed E-state index contributed by atoms with van der Waals surface area (Å²) >= 11 is 0. The molecule has 0 aromatic carbocycles. The van der Waals surface area contributed by atoms with E-state index in [1.807, 2.05) is 0 Å². The fourth-order valence-electron chi connectivity index (χ4n) is 7.68. The molecule has 0 bridgehead atoms. The predicted molar refractivity (Wildman–Crippen MR) is 101 cm³/mol. The molecule has 23 heavy (non-hydrogen) atoms. The molecule has 0 heterocycles. The fraction of sp³-hybridized carbons (Fsp3) is 1.00. The summed E-state index contributed by atoms with van der Waals surface area (Å²) in [5, 5.41) is 0. The molecule has 3 saturated carbocycles. The van der Waals surface area contributed by atoms with Crippen molar-refractivity contribution < 1.29 is 0 Å². The molecule has 0 saturated heterocycles. The first-order valence-corrected chi connectivity index (χ1v) is 10.8. The van der Waals surface area contributed by atoms with Crippen LogP contribution in [0.1, 0.15) is 99.3 Å². The van der Waals surface area contributed by atoms with Crippen molar-refractivity contribution in [2.75, 3.05) is 0 Å². The van der Waals surface area contributed by atoms with Crippen LogP contribution in [0.5, 0.6) is 0 Å². The van der Waals surface area contributed by atoms with Crippen molar-refractivity contribution in [3.8, 4) is 0 Å². The van der Waals surface area contributed by atoms with Gasteiger partial charge in [-0.25, -0.2) is 0 Å². The van der Waals surface area contributed by atoms with Crippen LogP contribution < -0.4 is 0 Å². The summed E-state index contributed by atoms with van der Waals surface area (Å²) in [7, 11) is 0. The molecule has 134 valence electrons. The van der Waals surface area contributed by atoms with Gasteiger partial charge in [0.1, 0.15) is 0 Å². The van der Waals surface area contributed by atoms with Gasteiger partial charge in [-0.15, -0.1) is 0 Å². The third-order valence-corrected chi connectivity index (χ3v) is 8.97. The quantitative estimate of drug-likeness (QED) is 0.475. The Kier molecular flexibility index (Phi) is 4.94. The minimum atomic E-state index is 0.564. The molecule has 3 fully saturated rings. The molecule has 7 atom stereocenters. The smallest absolute Gasteiger partial charge is 0.0266 e. The van der Waals surface area contributed by atoms with Gasteiger partial charge < -0.3 is 0 Å². The van der Waals surface area contributed by atoms with Crippen molar-refractivity contribution >= 4 is 0 Å². The van der Waals surface area contributed by atoms with Gasteiger partial charge in [-0.05, 0) is 84.9 Å². The van der Waals surface area contributed by atoms with Crippen LogP contribution in [0.25, 0.3) is 0 Å². The van der Waals surface area contributed by atoms with Crippen LogP contribution >= 0.6 is 0 Å². The minimum absolute atomic E-state index is 0.564. The molecule has 0 aromatic heterocycles. The van der Waals surface area contributed by atoms with Gasteiger partial charge in [0.15, 0.2) is 0 Å². The summed E-state index contributed by atoms with van der Waals surface area (Å²) in [6.07, 6.45) is 13.4. The molecule has 0 spiro atoms. The van der Waals surface area contributed by atoms with Crippen LogP contribution in [0.2, 0.25) is 0 Å². The highest BCUT2D eigenvalue weighted by atomic mass is 14.6. The van der Waals surface area contributed by atoms with Crippen LogP contribution in [-0.2, 0) is 0 Å². The summed E-state index contributed by atoms with van der Waals surface area (Å²) in [6.45, 7) is 15.5. The SMILES string of the molecule is CCC1CCC2C3C(C)CC(C)CCCC(C)(C)C3CCC12C. The maximum Gasteiger partial charge on any atom is -0.0266 e. The van der Waals surface area contributed by atoms with E-state index in [-0.39, 0.29) is 0 Å². The highest BCUT2D eigenvalue weighted by Gasteiger charge is 2.56. The van der Waals surface area contributed by atoms with Crippen molar-refractivity contribution in [1.82, 2.24) is 0 Å². The molecule has 0 amide bonds. The Bertz CT molecular complexity index is 408. The van der Waals surface area contributed by atoms with Crippen LogP contribution in [0.4, 0.5) is 0 Å². The third-order valence-electron chi connectivity index (χ3n) is 8.97. The monoisotopic (exact) mass is 318 g/mol. The van der Waals surface area contributed by atoms with Crippen molar-refractivity contribution in [2.24, 2.45) is 46.3 Å². The molecule has 7 unspecified atom stereocenters. The topological polar surface area (TPSA) is 0 Å². The van der Waals surface area contributed by atoms with Crippen LogP contribution in [0.3, 0.4) is 0 Å². The number of rotatable bonds is 1. The van der Waals surface area contributed by atoms with E-state index in [1.54, 1.807) is 0 Å². The van der Waals surface area contributed by atoms with Crippen molar-refractivity contribution in [3.05, 3.63) is 0 Å². The molecule has 0 heteroatoms.